The van der Waals surface area contributed by atoms with Crippen LogP contribution in [0.5, 0.6) is 0 Å². The topological polar surface area (TPSA) is 314 Å². The summed E-state index contributed by atoms with van der Waals surface area (Å²) in [4.78, 5) is 84.9. The van der Waals surface area contributed by atoms with Crippen LogP contribution in [0.4, 0.5) is 28.8 Å². The number of halogens is 4. The molecule has 3 aromatic rings. The zero-order chi connectivity index (χ0) is 76.9. The first-order chi connectivity index (χ1) is 47.5. The van der Waals surface area contributed by atoms with Gasteiger partial charge in [0.2, 0.25) is 0 Å². The van der Waals surface area contributed by atoms with Crippen molar-refractivity contribution in [3.8, 4) is 0 Å². The van der Waals surface area contributed by atoms with Crippen molar-refractivity contribution in [2.45, 2.75) is 205 Å². The van der Waals surface area contributed by atoms with Crippen LogP contribution in [0.25, 0.3) is 0 Å². The summed E-state index contributed by atoms with van der Waals surface area (Å²) in [5, 5.41) is 13.6. The Morgan fingerprint density at radius 1 is 0.519 bits per heavy atom. The molecule has 4 aliphatic rings. The molecule has 3 aromatic carbocycles. The summed E-state index contributed by atoms with van der Waals surface area (Å²) in [6.07, 6.45) is -3.97. The van der Waals surface area contributed by atoms with Crippen LogP contribution < -0.4 is 27.0 Å². The van der Waals surface area contributed by atoms with Crippen LogP contribution in [0.2, 0.25) is 20.1 Å². The van der Waals surface area contributed by atoms with E-state index in [9.17, 15) is 33.6 Å². The molecule has 0 aromatic heterocycles. The third kappa shape index (κ3) is 53.3. The second-order valence-corrected chi connectivity index (χ2v) is 30.1. The van der Waals surface area contributed by atoms with E-state index in [1.165, 1.54) is 6.92 Å². The standard InChI is InChI=1S/C18H26N2O5.C17H24Cl2N2O3.C12H16Cl2N2O.C10H20N2O3.C10H18O5.C4H8O2.2CH4.CH3.Pd.H2/c1-18(2,3)25-16(21)19-11-15-12-20(9-10-23-15)17(22)24-13-14-7-5-4-6-8-14;1-17(2,3)24-16(22)20-9-13-11-21(6-7-23-13)10-12-4-5-14(18)15(19)8-12;13-11-2-1-9(5-12(11)14)7-16-3-4-17-10(6-15)8-16;1-10(2,3)15-9(13)12-7-8-6-11-4-5-14-8;1-9(2,3)14-7(11)13-8(12)15-10(4,5)6;1-3-6-4(2)5;;;;;/h4-8,15H,9-13H2,1-3H3,(H,19,21);4-5,8,13H,6-7,9-11H2,1-3H3,(H,20,22);1-2,5,10H,3-4,6-8,15H2;8,11H,4-7H2,1-3H3,(H,12,13);1-6H3;3H2,1-2H3;2*1H4;1H3;;1H/q;;;;;;;;-1;;/t15-;13-;10-;8-;;;;;;;/m0001......./s1. The van der Waals surface area contributed by atoms with Crippen molar-refractivity contribution in [1.82, 2.24) is 36.0 Å². The predicted octanol–water partition coefficient (Wildman–Crippen LogP) is 14.3. The molecule has 0 bridgehead atoms. The normalized spacial score (nSPS) is 17.2. The summed E-state index contributed by atoms with van der Waals surface area (Å²) < 4.78 is 61.3. The third-order valence-corrected chi connectivity index (χ3v) is 14.5. The van der Waals surface area contributed by atoms with Gasteiger partial charge >= 0.3 is 42.7 Å². The summed E-state index contributed by atoms with van der Waals surface area (Å²) in [6, 6.07) is 20.9. The fourth-order valence-corrected chi connectivity index (χ4v) is 9.47. The van der Waals surface area contributed by atoms with Crippen LogP contribution in [-0.4, -0.2) is 221 Å². The van der Waals surface area contributed by atoms with Gasteiger partial charge in [-0.3, -0.25) is 14.6 Å². The molecule has 0 saturated carbocycles. The Labute approximate surface area is 666 Å². The number of carbonyl (C=O) groups is 7. The molecule has 6 N–H and O–H groups in total. The van der Waals surface area contributed by atoms with Crippen molar-refractivity contribution >= 4 is 89.1 Å². The monoisotopic (exact) mass is 1680 g/mol. The van der Waals surface area contributed by atoms with E-state index < -0.39 is 58.6 Å². The van der Waals surface area contributed by atoms with Gasteiger partial charge in [0.25, 0.3) is 0 Å². The molecule has 4 aliphatic heterocycles. The number of carbonyl (C=O) groups excluding carboxylic acids is 7. The van der Waals surface area contributed by atoms with Gasteiger partial charge in [0.1, 0.15) is 34.6 Å². The van der Waals surface area contributed by atoms with Crippen LogP contribution in [-0.2, 0) is 102 Å². The Kier molecular flexibility index (Phi) is 52.6. The fraction of sp³-hybridized carbons (Fsp3) is 0.649. The van der Waals surface area contributed by atoms with Crippen LogP contribution >= 0.6 is 46.4 Å². The van der Waals surface area contributed by atoms with Gasteiger partial charge < -0.3 is 96.2 Å². The van der Waals surface area contributed by atoms with Gasteiger partial charge in [-0.2, -0.15) is 0 Å². The number of morpholine rings is 4. The molecular weight excluding hydrogens is 1550 g/mol. The molecular formula is C74H125Cl4N8O19Pd-. The first-order valence-electron chi connectivity index (χ1n) is 33.8. The van der Waals surface area contributed by atoms with E-state index in [1.807, 2.05) is 102 Å². The summed E-state index contributed by atoms with van der Waals surface area (Å²) in [5.74, 6) is -0.211. The van der Waals surface area contributed by atoms with Crippen LogP contribution in [0.15, 0.2) is 66.7 Å². The average molecular weight is 1680 g/mol. The zero-order valence-electron chi connectivity index (χ0n) is 63.8. The second kappa shape index (κ2) is 53.3. The number of nitrogens with one attached hydrogen (secondary N) is 4. The molecule has 0 radical (unpaired) electrons. The minimum Gasteiger partial charge on any atom is -0.466 e. The number of rotatable bonds is 14. The van der Waals surface area contributed by atoms with Crippen molar-refractivity contribution in [1.29, 1.82) is 0 Å². The maximum Gasteiger partial charge on any atom is 0.519 e. The number of amides is 4. The molecule has 106 heavy (non-hydrogen) atoms. The van der Waals surface area contributed by atoms with Crippen LogP contribution in [0.3, 0.4) is 0 Å². The maximum atomic E-state index is 12.2. The maximum absolute atomic E-state index is 12.2. The second-order valence-electron chi connectivity index (χ2n) is 28.5. The Bertz CT molecular complexity index is 2980. The summed E-state index contributed by atoms with van der Waals surface area (Å²) in [6.45, 7) is 42.0. The quantitative estimate of drug-likeness (QED) is 0.0329. The van der Waals surface area contributed by atoms with Crippen molar-refractivity contribution < 1.29 is 112 Å². The Balaban J connectivity index is -0.000000609. The molecule has 0 spiro atoms. The first kappa shape index (κ1) is 105. The van der Waals surface area contributed by atoms with Crippen molar-refractivity contribution in [2.75, 3.05) is 112 Å². The van der Waals surface area contributed by atoms with E-state index in [4.69, 9.17) is 99.5 Å². The molecule has 0 aliphatic carbocycles. The Morgan fingerprint density at radius 3 is 1.27 bits per heavy atom. The van der Waals surface area contributed by atoms with E-state index in [1.54, 1.807) is 80.2 Å². The van der Waals surface area contributed by atoms with E-state index in [2.05, 4.69) is 40.5 Å². The number of hydrogen-bond donors (Lipinski definition) is 5. The minimum absolute atomic E-state index is 0. The smallest absolute Gasteiger partial charge is 0.466 e. The van der Waals surface area contributed by atoms with Gasteiger partial charge in [-0.25, -0.2) is 28.8 Å². The van der Waals surface area contributed by atoms with Crippen LogP contribution in [0, 0.1) is 7.43 Å². The summed E-state index contributed by atoms with van der Waals surface area (Å²) in [5.41, 5.74) is 5.92. The van der Waals surface area contributed by atoms with Crippen molar-refractivity contribution in [3.63, 3.8) is 0 Å². The largest absolute Gasteiger partial charge is 0.519 e. The average Bonchev–Trinajstić information content (AvgIpc) is 0.872. The summed E-state index contributed by atoms with van der Waals surface area (Å²) in [7, 11) is 0. The SMILES string of the molecule is C.C.CC(C)(C)OC(=O)NC[C@H]1CN(C(=O)OCc2ccccc2)CCO1.CC(C)(C)OC(=O)NC[C@H]1CN(Cc2ccc(Cl)c(Cl)c2)CCO1.CC(C)(C)OC(=O)NC[C@H]1CNCCO1.CC(C)(C)OC(=O)OC(=O)OC(C)(C)C.CCOC(C)=O.NC[C@H]1CN(Cc2ccc(Cl)c(Cl)c2)CCO1.[CH3-].[HH].[Pd]. The van der Waals surface area contributed by atoms with Gasteiger partial charge in [0.05, 0.1) is 84.1 Å². The third-order valence-electron chi connectivity index (χ3n) is 13.0. The molecule has 4 fully saturated rings. The van der Waals surface area contributed by atoms with Crippen LogP contribution in [0.1, 0.15) is 151 Å². The molecule has 0 unspecified atom stereocenters. The minimum atomic E-state index is -1.06. The molecule has 4 saturated heterocycles. The number of nitrogens with two attached hydrogens (primary N) is 1. The van der Waals surface area contributed by atoms with Gasteiger partial charge in [-0.15, -0.1) is 0 Å². The number of alkyl carbamates (subject to hydrolysis) is 3. The Morgan fingerprint density at radius 2 is 0.906 bits per heavy atom. The molecule has 4 atom stereocenters. The Hall–Kier alpha value is -5.55. The predicted molar refractivity (Wildman–Crippen MR) is 413 cm³/mol. The molecule has 4 heterocycles. The number of ether oxygens (including phenoxy) is 12. The number of nitrogens with zero attached hydrogens (tertiary/aromatic N) is 3. The summed E-state index contributed by atoms with van der Waals surface area (Å²) >= 11 is 23.9. The molecule has 7 rings (SSSR count). The van der Waals surface area contributed by atoms with E-state index in [0.29, 0.717) is 79.2 Å². The fourth-order valence-electron chi connectivity index (χ4n) is 8.82. The number of esters is 1. The van der Waals surface area contributed by atoms with Crippen molar-refractivity contribution in [2.24, 2.45) is 5.73 Å². The van der Waals surface area contributed by atoms with E-state index in [-0.39, 0.29) is 93.8 Å². The molecule has 4 amide bonds. The van der Waals surface area contributed by atoms with Gasteiger partial charge in [-0.1, -0.05) is 104 Å². The molecule has 614 valence electrons. The zero-order valence-corrected chi connectivity index (χ0v) is 68.4. The first-order valence-corrected chi connectivity index (χ1v) is 35.3. The van der Waals surface area contributed by atoms with E-state index >= 15 is 0 Å². The van der Waals surface area contributed by atoms with Gasteiger partial charge in [0, 0.05) is 114 Å². The number of hydrogen-bond acceptors (Lipinski definition) is 23. The molecule has 27 nitrogen and oxygen atoms in total. The van der Waals surface area contributed by atoms with Crippen molar-refractivity contribution in [3.05, 3.63) is 111 Å². The molecule has 32 heteroatoms. The van der Waals surface area contributed by atoms with E-state index in [0.717, 1.165) is 75.7 Å². The van der Waals surface area contributed by atoms with Gasteiger partial charge in [-0.05, 0) is 152 Å². The number of benzene rings is 3. The van der Waals surface area contributed by atoms with Gasteiger partial charge in [0.15, 0.2) is 0 Å².